The van der Waals surface area contributed by atoms with Gasteiger partial charge in [-0.15, -0.1) is 0 Å². The predicted molar refractivity (Wildman–Crippen MR) is 57.8 cm³/mol. The molecule has 1 aromatic heterocycles. The number of aliphatic hydroxyl groups excluding tert-OH is 1. The van der Waals surface area contributed by atoms with E-state index in [4.69, 9.17) is 9.26 Å². The maximum atomic E-state index is 9.77. The first-order chi connectivity index (χ1) is 7.68. The molecule has 2 N–H and O–H groups in total. The van der Waals surface area contributed by atoms with Gasteiger partial charge in [0.1, 0.15) is 11.9 Å². The average molecular weight is 246 g/mol. The third-order valence-corrected chi connectivity index (χ3v) is 3.69. The van der Waals surface area contributed by atoms with E-state index in [0.717, 1.165) is 0 Å². The van der Waals surface area contributed by atoms with Crippen LogP contribution in [0.25, 0.3) is 0 Å². The zero-order valence-corrected chi connectivity index (χ0v) is 9.88. The normalized spacial score (nSPS) is 27.2. The van der Waals surface area contributed by atoms with Gasteiger partial charge in [-0.2, -0.15) is 0 Å². The van der Waals surface area contributed by atoms with Crippen molar-refractivity contribution in [2.45, 2.75) is 25.6 Å². The summed E-state index contributed by atoms with van der Waals surface area (Å²) in [5, 5.41) is 9.49. The lowest BCUT2D eigenvalue weighted by Crippen LogP contribution is -2.25. The van der Waals surface area contributed by atoms with Crippen molar-refractivity contribution in [2.75, 3.05) is 13.2 Å². The maximum absolute atomic E-state index is 9.77. The van der Waals surface area contributed by atoms with Gasteiger partial charge < -0.3 is 19.3 Å². The summed E-state index contributed by atoms with van der Waals surface area (Å²) in [4.78, 5) is 13.8. The van der Waals surface area contributed by atoms with E-state index in [1.165, 1.54) is 0 Å². The number of hydrogen-bond donors (Lipinski definition) is 2. The SMILES string of the molecule is Cc1nccn1P(O)OCC1OCC[C@H]1O. The highest BCUT2D eigenvalue weighted by Crippen LogP contribution is 2.35. The lowest BCUT2D eigenvalue weighted by atomic mass is 10.2. The minimum atomic E-state index is -1.73. The van der Waals surface area contributed by atoms with Crippen molar-refractivity contribution < 1.29 is 19.3 Å². The number of hydrogen-bond acceptors (Lipinski definition) is 5. The summed E-state index contributed by atoms with van der Waals surface area (Å²) in [6, 6.07) is 0. The van der Waals surface area contributed by atoms with E-state index in [1.54, 1.807) is 23.7 Å². The molecule has 16 heavy (non-hydrogen) atoms. The van der Waals surface area contributed by atoms with E-state index in [2.05, 4.69) is 4.98 Å². The molecule has 1 aliphatic rings. The molecule has 0 aliphatic carbocycles. The fourth-order valence-electron chi connectivity index (χ4n) is 1.55. The number of ether oxygens (including phenoxy) is 1. The Kier molecular flexibility index (Phi) is 3.89. The largest absolute Gasteiger partial charge is 0.390 e. The fraction of sp³-hybridized carbons (Fsp3) is 0.667. The Morgan fingerprint density at radius 1 is 1.75 bits per heavy atom. The van der Waals surface area contributed by atoms with Crippen LogP contribution in [0.5, 0.6) is 0 Å². The summed E-state index contributed by atoms with van der Waals surface area (Å²) in [6.07, 6.45) is 3.06. The topological polar surface area (TPSA) is 76.7 Å². The molecule has 0 aromatic carbocycles. The Hall–Kier alpha value is -0.520. The average Bonchev–Trinajstić information content (AvgIpc) is 2.84. The number of aromatic nitrogens is 2. The first-order valence-electron chi connectivity index (χ1n) is 5.10. The van der Waals surface area contributed by atoms with Crippen molar-refractivity contribution in [1.82, 2.24) is 9.32 Å². The minimum Gasteiger partial charge on any atom is -0.390 e. The standard InChI is InChI=1S/C9H15N2O4P/c1-7-10-3-4-11(7)16(13)15-6-9-8(12)2-5-14-9/h3-4,8-9,12-13H,2,5-6H2,1H3/t8-,9?,16?/m1/s1. The lowest BCUT2D eigenvalue weighted by molar-refractivity contribution is 0.0110. The molecule has 0 radical (unpaired) electrons. The molecule has 1 saturated heterocycles. The number of imidazole rings is 1. The molecular formula is C9H15N2O4P. The van der Waals surface area contributed by atoms with Crippen LogP contribution in [0.4, 0.5) is 0 Å². The molecule has 6 nitrogen and oxygen atoms in total. The zero-order chi connectivity index (χ0) is 11.5. The van der Waals surface area contributed by atoms with Crippen LogP contribution in [0.1, 0.15) is 12.2 Å². The number of aliphatic hydroxyl groups is 1. The quantitative estimate of drug-likeness (QED) is 0.753. The molecule has 2 heterocycles. The number of rotatable bonds is 4. The van der Waals surface area contributed by atoms with Crippen molar-refractivity contribution in [1.29, 1.82) is 0 Å². The van der Waals surface area contributed by atoms with Gasteiger partial charge in [-0.05, 0) is 13.3 Å². The van der Waals surface area contributed by atoms with Gasteiger partial charge in [0.25, 0.3) is 8.53 Å². The first kappa shape index (κ1) is 12.0. The predicted octanol–water partition coefficient (Wildman–Crippen LogP) is 0.425. The van der Waals surface area contributed by atoms with E-state index >= 15 is 0 Å². The Morgan fingerprint density at radius 3 is 3.12 bits per heavy atom. The Morgan fingerprint density at radius 2 is 2.56 bits per heavy atom. The number of aryl methyl sites for hydroxylation is 1. The first-order valence-corrected chi connectivity index (χ1v) is 6.27. The van der Waals surface area contributed by atoms with Crippen LogP contribution in [0.3, 0.4) is 0 Å². The molecule has 0 bridgehead atoms. The zero-order valence-electron chi connectivity index (χ0n) is 8.98. The maximum Gasteiger partial charge on any atom is 0.292 e. The van der Waals surface area contributed by atoms with Crippen LogP contribution in [-0.4, -0.2) is 44.7 Å². The summed E-state index contributed by atoms with van der Waals surface area (Å²) in [7, 11) is -1.73. The summed E-state index contributed by atoms with van der Waals surface area (Å²) >= 11 is 0. The Balaban J connectivity index is 1.84. The van der Waals surface area contributed by atoms with E-state index < -0.39 is 14.6 Å². The molecule has 7 heteroatoms. The summed E-state index contributed by atoms with van der Waals surface area (Å²) in [5.41, 5.74) is 0. The minimum absolute atomic E-state index is 0.195. The highest BCUT2D eigenvalue weighted by atomic mass is 31.2. The van der Waals surface area contributed by atoms with Gasteiger partial charge in [0.2, 0.25) is 0 Å². The van der Waals surface area contributed by atoms with Gasteiger partial charge in [0, 0.05) is 19.0 Å². The van der Waals surface area contributed by atoms with E-state index in [0.29, 0.717) is 18.9 Å². The van der Waals surface area contributed by atoms with Crippen LogP contribution in [0.2, 0.25) is 0 Å². The van der Waals surface area contributed by atoms with Crippen LogP contribution >= 0.6 is 8.53 Å². The third kappa shape index (κ3) is 2.59. The highest BCUT2D eigenvalue weighted by Gasteiger charge is 2.27. The smallest absolute Gasteiger partial charge is 0.292 e. The van der Waals surface area contributed by atoms with Crippen LogP contribution in [0.15, 0.2) is 12.4 Å². The molecule has 0 spiro atoms. The molecule has 1 aromatic rings. The van der Waals surface area contributed by atoms with Gasteiger partial charge >= 0.3 is 0 Å². The van der Waals surface area contributed by atoms with Crippen molar-refractivity contribution in [3.8, 4) is 0 Å². The van der Waals surface area contributed by atoms with Crippen molar-refractivity contribution in [3.05, 3.63) is 18.2 Å². The summed E-state index contributed by atoms with van der Waals surface area (Å²) in [5.74, 6) is 0.696. The van der Waals surface area contributed by atoms with Gasteiger partial charge in [0.05, 0.1) is 12.7 Å². The monoisotopic (exact) mass is 246 g/mol. The molecule has 0 amide bonds. The van der Waals surface area contributed by atoms with Crippen molar-refractivity contribution in [3.63, 3.8) is 0 Å². The lowest BCUT2D eigenvalue weighted by Gasteiger charge is -2.17. The van der Waals surface area contributed by atoms with Gasteiger partial charge in [-0.25, -0.2) is 4.98 Å². The highest BCUT2D eigenvalue weighted by molar-refractivity contribution is 7.44. The van der Waals surface area contributed by atoms with E-state index in [1.807, 2.05) is 0 Å². The van der Waals surface area contributed by atoms with Crippen molar-refractivity contribution in [2.24, 2.45) is 0 Å². The van der Waals surface area contributed by atoms with Crippen LogP contribution < -0.4 is 0 Å². The molecule has 1 fully saturated rings. The molecule has 2 unspecified atom stereocenters. The summed E-state index contributed by atoms with van der Waals surface area (Å²) in [6.45, 7) is 2.53. The van der Waals surface area contributed by atoms with E-state index in [-0.39, 0.29) is 12.7 Å². The fourth-order valence-corrected chi connectivity index (χ4v) is 2.43. The summed E-state index contributed by atoms with van der Waals surface area (Å²) < 4.78 is 12.1. The van der Waals surface area contributed by atoms with Gasteiger partial charge in [-0.1, -0.05) is 0 Å². The molecule has 1 aliphatic heterocycles. The third-order valence-electron chi connectivity index (χ3n) is 2.51. The molecular weight excluding hydrogens is 231 g/mol. The molecule has 0 saturated carbocycles. The second-order valence-electron chi connectivity index (χ2n) is 3.63. The molecule has 3 atom stereocenters. The second kappa shape index (κ2) is 5.21. The van der Waals surface area contributed by atoms with Gasteiger partial charge in [0.15, 0.2) is 0 Å². The second-order valence-corrected chi connectivity index (χ2v) is 4.83. The van der Waals surface area contributed by atoms with Gasteiger partial charge in [-0.3, -0.25) is 4.34 Å². The van der Waals surface area contributed by atoms with Crippen LogP contribution in [-0.2, 0) is 9.26 Å². The molecule has 2 rings (SSSR count). The Bertz CT molecular complexity index is 346. The Labute approximate surface area is 94.8 Å². The van der Waals surface area contributed by atoms with Crippen LogP contribution in [0, 0.1) is 6.92 Å². The number of nitrogens with zero attached hydrogens (tertiary/aromatic N) is 2. The van der Waals surface area contributed by atoms with Crippen molar-refractivity contribution >= 4 is 8.53 Å². The van der Waals surface area contributed by atoms with E-state index in [9.17, 15) is 10.00 Å². The molecule has 90 valence electrons.